The molecule has 0 atom stereocenters. The summed E-state index contributed by atoms with van der Waals surface area (Å²) in [5, 5.41) is 14.0. The van der Waals surface area contributed by atoms with Crippen molar-refractivity contribution < 1.29 is 18.7 Å². The van der Waals surface area contributed by atoms with Gasteiger partial charge in [0, 0.05) is 24.8 Å². The van der Waals surface area contributed by atoms with Crippen LogP contribution in [-0.2, 0) is 0 Å². The third kappa shape index (κ3) is 5.80. The molecule has 0 bridgehead atoms. The van der Waals surface area contributed by atoms with E-state index >= 15 is 0 Å². The summed E-state index contributed by atoms with van der Waals surface area (Å²) in [5.41, 5.74) is 0.470. The second-order valence-electron chi connectivity index (χ2n) is 8.27. The Hall–Kier alpha value is -3.98. The van der Waals surface area contributed by atoms with E-state index in [4.69, 9.17) is 21.7 Å². The number of methoxy groups -OCH3 is 1. The van der Waals surface area contributed by atoms with E-state index < -0.39 is 17.6 Å². The zero-order chi connectivity index (χ0) is 25.7. The summed E-state index contributed by atoms with van der Waals surface area (Å²) >= 11 is 5.84. The maximum atomic E-state index is 14.9. The maximum Gasteiger partial charge on any atom is 0.259 e. The SMILES string of the molecule is COc1ccc(NC(=O)c2ccc(C(=N)N3CCCCC3)cc2F)c(C(=O)Nc2ccc(Cl)cn2)c1. The van der Waals surface area contributed by atoms with E-state index in [1.54, 1.807) is 18.2 Å². The van der Waals surface area contributed by atoms with Crippen molar-refractivity contribution in [3.05, 3.63) is 82.3 Å². The fourth-order valence-electron chi connectivity index (χ4n) is 3.92. The Kier molecular flexibility index (Phi) is 7.80. The molecule has 10 heteroatoms. The van der Waals surface area contributed by atoms with E-state index in [2.05, 4.69) is 15.6 Å². The van der Waals surface area contributed by atoms with Gasteiger partial charge in [-0.3, -0.25) is 15.0 Å². The number of benzene rings is 2. The van der Waals surface area contributed by atoms with Crippen molar-refractivity contribution in [2.24, 2.45) is 0 Å². The number of amides is 2. The van der Waals surface area contributed by atoms with E-state index in [1.165, 1.54) is 43.6 Å². The van der Waals surface area contributed by atoms with Crippen LogP contribution in [0.2, 0.25) is 5.02 Å². The van der Waals surface area contributed by atoms with Gasteiger partial charge >= 0.3 is 0 Å². The second-order valence-corrected chi connectivity index (χ2v) is 8.71. The van der Waals surface area contributed by atoms with Crippen LogP contribution in [0.5, 0.6) is 5.75 Å². The largest absolute Gasteiger partial charge is 0.497 e. The molecule has 2 aromatic carbocycles. The number of ether oxygens (including phenoxy) is 1. The average Bonchev–Trinajstić information content (AvgIpc) is 2.90. The number of halogens is 2. The van der Waals surface area contributed by atoms with E-state index in [0.29, 0.717) is 16.3 Å². The molecule has 1 aromatic heterocycles. The molecule has 8 nitrogen and oxygen atoms in total. The van der Waals surface area contributed by atoms with E-state index in [1.807, 2.05) is 4.90 Å². The molecule has 4 rings (SSSR count). The molecule has 3 aromatic rings. The number of nitrogens with one attached hydrogen (secondary N) is 3. The van der Waals surface area contributed by atoms with E-state index in [0.717, 1.165) is 32.4 Å². The van der Waals surface area contributed by atoms with Gasteiger partial charge in [-0.1, -0.05) is 17.7 Å². The lowest BCUT2D eigenvalue weighted by atomic mass is 10.1. The molecule has 2 heterocycles. The molecule has 2 amide bonds. The molecular weight excluding hydrogens is 485 g/mol. The van der Waals surface area contributed by atoms with Crippen LogP contribution in [0.3, 0.4) is 0 Å². The number of anilines is 2. The van der Waals surface area contributed by atoms with Gasteiger partial charge in [0.25, 0.3) is 11.8 Å². The Labute approximate surface area is 212 Å². The van der Waals surface area contributed by atoms with Gasteiger partial charge in [-0.25, -0.2) is 9.37 Å². The molecule has 1 aliphatic rings. The predicted molar refractivity (Wildman–Crippen MR) is 137 cm³/mol. The minimum atomic E-state index is -0.753. The quantitative estimate of drug-likeness (QED) is 0.313. The number of piperidine rings is 1. The van der Waals surface area contributed by atoms with Crippen molar-refractivity contribution >= 4 is 40.8 Å². The number of carbonyl (C=O) groups excluding carboxylic acids is 2. The van der Waals surface area contributed by atoms with Gasteiger partial charge in [0.1, 0.15) is 23.2 Å². The Morgan fingerprint density at radius 2 is 1.75 bits per heavy atom. The molecule has 1 saturated heterocycles. The van der Waals surface area contributed by atoms with Crippen LogP contribution in [0.4, 0.5) is 15.9 Å². The number of hydrogen-bond donors (Lipinski definition) is 3. The van der Waals surface area contributed by atoms with Gasteiger partial charge in [-0.05, 0) is 61.7 Å². The Morgan fingerprint density at radius 1 is 1.00 bits per heavy atom. The number of likely N-dealkylation sites (tertiary alicyclic amines) is 1. The molecule has 3 N–H and O–H groups in total. The van der Waals surface area contributed by atoms with Crippen molar-refractivity contribution in [1.29, 1.82) is 5.41 Å². The highest BCUT2D eigenvalue weighted by Gasteiger charge is 2.21. The summed E-state index contributed by atoms with van der Waals surface area (Å²) in [6.07, 6.45) is 4.51. The van der Waals surface area contributed by atoms with Crippen LogP contribution in [0.25, 0.3) is 0 Å². The number of nitrogens with zero attached hydrogens (tertiary/aromatic N) is 2. The van der Waals surface area contributed by atoms with Crippen LogP contribution < -0.4 is 15.4 Å². The molecule has 36 heavy (non-hydrogen) atoms. The number of amidine groups is 1. The zero-order valence-electron chi connectivity index (χ0n) is 19.6. The smallest absolute Gasteiger partial charge is 0.259 e. The average molecular weight is 510 g/mol. The third-order valence-corrected chi connectivity index (χ3v) is 6.07. The topological polar surface area (TPSA) is 107 Å². The number of hydrogen-bond acceptors (Lipinski definition) is 5. The first-order valence-electron chi connectivity index (χ1n) is 11.4. The van der Waals surface area contributed by atoms with Gasteiger partial charge in [-0.15, -0.1) is 0 Å². The maximum absolute atomic E-state index is 14.9. The predicted octanol–water partition coefficient (Wildman–Crippen LogP) is 5.20. The zero-order valence-corrected chi connectivity index (χ0v) is 20.4. The number of pyridine rings is 1. The number of rotatable bonds is 6. The highest BCUT2D eigenvalue weighted by atomic mass is 35.5. The standard InChI is InChI=1S/C26H25ClFN5O3/c1-36-18-7-9-22(20(14-18)26(35)32-23-10-6-17(27)15-30-23)31-25(34)19-8-5-16(13-21(19)28)24(29)33-11-3-2-4-12-33/h5-10,13-15,29H,2-4,11-12H2,1H3,(H,31,34)(H,30,32,35). The van der Waals surface area contributed by atoms with Gasteiger partial charge < -0.3 is 20.3 Å². The van der Waals surface area contributed by atoms with Crippen LogP contribution in [0.1, 0.15) is 45.5 Å². The van der Waals surface area contributed by atoms with Crippen LogP contribution in [0.15, 0.2) is 54.7 Å². The lowest BCUT2D eigenvalue weighted by Crippen LogP contribution is -2.35. The molecule has 0 aliphatic carbocycles. The molecule has 0 saturated carbocycles. The summed E-state index contributed by atoms with van der Waals surface area (Å²) in [6, 6.07) is 11.8. The second kappa shape index (κ2) is 11.2. The normalized spacial score (nSPS) is 13.1. The first-order chi connectivity index (χ1) is 17.4. The molecule has 0 spiro atoms. The molecule has 0 radical (unpaired) electrons. The van der Waals surface area contributed by atoms with Crippen LogP contribution in [0, 0.1) is 11.2 Å². The summed E-state index contributed by atoms with van der Waals surface area (Å²) in [4.78, 5) is 31.8. The summed E-state index contributed by atoms with van der Waals surface area (Å²) < 4.78 is 20.1. The summed E-state index contributed by atoms with van der Waals surface area (Å²) in [6.45, 7) is 1.52. The van der Waals surface area contributed by atoms with Gasteiger partial charge in [0.05, 0.1) is 28.9 Å². The molecule has 1 fully saturated rings. The Balaban J connectivity index is 1.54. The van der Waals surface area contributed by atoms with Crippen molar-refractivity contribution in [3.63, 3.8) is 0 Å². The van der Waals surface area contributed by atoms with Gasteiger partial charge in [-0.2, -0.15) is 0 Å². The molecular formula is C26H25ClFN5O3. The van der Waals surface area contributed by atoms with Crippen molar-refractivity contribution in [3.8, 4) is 5.75 Å². The van der Waals surface area contributed by atoms with Crippen LogP contribution >= 0.6 is 11.6 Å². The fourth-order valence-corrected chi connectivity index (χ4v) is 4.03. The molecule has 186 valence electrons. The molecule has 1 aliphatic heterocycles. The van der Waals surface area contributed by atoms with Gasteiger partial charge in [0.15, 0.2) is 0 Å². The monoisotopic (exact) mass is 509 g/mol. The summed E-state index contributed by atoms with van der Waals surface area (Å²) in [5.74, 6) is -1.13. The van der Waals surface area contributed by atoms with Crippen molar-refractivity contribution in [2.75, 3.05) is 30.8 Å². The van der Waals surface area contributed by atoms with E-state index in [-0.39, 0.29) is 28.5 Å². The van der Waals surface area contributed by atoms with Crippen molar-refractivity contribution in [2.45, 2.75) is 19.3 Å². The lowest BCUT2D eigenvalue weighted by molar-refractivity contribution is 0.102. The van der Waals surface area contributed by atoms with Crippen molar-refractivity contribution in [1.82, 2.24) is 9.88 Å². The first kappa shape index (κ1) is 25.1. The summed E-state index contributed by atoms with van der Waals surface area (Å²) in [7, 11) is 1.45. The molecule has 0 unspecified atom stereocenters. The van der Waals surface area contributed by atoms with E-state index in [9.17, 15) is 14.0 Å². The third-order valence-electron chi connectivity index (χ3n) is 5.85. The number of aromatic nitrogens is 1. The van der Waals surface area contributed by atoms with Gasteiger partial charge in [0.2, 0.25) is 0 Å². The number of carbonyl (C=O) groups is 2. The Bertz CT molecular complexity index is 1290. The Morgan fingerprint density at radius 3 is 2.42 bits per heavy atom. The van der Waals surface area contributed by atoms with Crippen LogP contribution in [-0.4, -0.2) is 47.7 Å². The highest BCUT2D eigenvalue weighted by Crippen LogP contribution is 2.25. The fraction of sp³-hybridized carbons (Fsp3) is 0.231. The lowest BCUT2D eigenvalue weighted by Gasteiger charge is -2.29. The minimum absolute atomic E-state index is 0.100. The minimum Gasteiger partial charge on any atom is -0.497 e. The first-order valence-corrected chi connectivity index (χ1v) is 11.8. The highest BCUT2D eigenvalue weighted by molar-refractivity contribution is 6.30.